The molecule has 2 heterocycles. The van der Waals surface area contributed by atoms with Crippen LogP contribution >= 0.6 is 0 Å². The van der Waals surface area contributed by atoms with Crippen molar-refractivity contribution in [2.45, 2.75) is 39.0 Å². The maximum Gasteiger partial charge on any atom is 0.271 e. The van der Waals surface area contributed by atoms with Gasteiger partial charge in [0, 0.05) is 37.7 Å². The summed E-state index contributed by atoms with van der Waals surface area (Å²) in [5, 5.41) is 2.92. The van der Waals surface area contributed by atoms with Gasteiger partial charge in [-0.05, 0) is 44.4 Å². The molecular weight excluding hydrogens is 332 g/mol. The first-order valence-electron chi connectivity index (χ1n) is 9.66. The molecule has 4 unspecified atom stereocenters. The van der Waals surface area contributed by atoms with Crippen LogP contribution in [0.1, 0.15) is 48.3 Å². The van der Waals surface area contributed by atoms with Crippen LogP contribution in [0, 0.1) is 30.6 Å². The van der Waals surface area contributed by atoms with E-state index >= 15 is 0 Å². The zero-order valence-electron chi connectivity index (χ0n) is 15.2. The van der Waals surface area contributed by atoms with Crippen molar-refractivity contribution >= 4 is 17.6 Å². The van der Waals surface area contributed by atoms with Gasteiger partial charge in [0.15, 0.2) is 0 Å². The number of aromatic amines is 1. The number of H-pyrrole nitrogens is 1. The van der Waals surface area contributed by atoms with Gasteiger partial charge >= 0.3 is 0 Å². The third-order valence-corrected chi connectivity index (χ3v) is 6.26. The van der Waals surface area contributed by atoms with Crippen molar-refractivity contribution in [2.24, 2.45) is 23.7 Å². The van der Waals surface area contributed by atoms with Gasteiger partial charge in [-0.25, -0.2) is 4.98 Å². The third-order valence-electron chi connectivity index (χ3n) is 6.26. The number of hydrogen-bond donors (Lipinski definition) is 2. The lowest BCUT2D eigenvalue weighted by Gasteiger charge is -2.33. The van der Waals surface area contributed by atoms with Crippen molar-refractivity contribution in [1.29, 1.82) is 0 Å². The summed E-state index contributed by atoms with van der Waals surface area (Å²) in [6.45, 7) is 3.97. The second kappa shape index (κ2) is 6.85. The molecule has 3 aliphatic rings. The molecular formula is C19H26N4O3. The molecule has 1 aromatic rings. The fourth-order valence-corrected chi connectivity index (χ4v) is 4.76. The van der Waals surface area contributed by atoms with Gasteiger partial charge in [-0.1, -0.05) is 0 Å². The summed E-state index contributed by atoms with van der Waals surface area (Å²) in [6, 6.07) is 0. The van der Waals surface area contributed by atoms with Crippen molar-refractivity contribution in [2.75, 3.05) is 19.6 Å². The van der Waals surface area contributed by atoms with Crippen molar-refractivity contribution in [3.63, 3.8) is 0 Å². The van der Waals surface area contributed by atoms with Crippen LogP contribution in [0.3, 0.4) is 0 Å². The highest BCUT2D eigenvalue weighted by molar-refractivity contribution is 5.96. The molecule has 0 aromatic carbocycles. The van der Waals surface area contributed by atoms with E-state index in [0.29, 0.717) is 36.3 Å². The molecule has 1 saturated heterocycles. The molecule has 1 aliphatic heterocycles. The summed E-state index contributed by atoms with van der Waals surface area (Å²) in [7, 11) is 0. The van der Waals surface area contributed by atoms with Crippen LogP contribution < -0.4 is 5.32 Å². The number of amides is 2. The molecule has 2 saturated carbocycles. The number of aromatic nitrogens is 2. The molecule has 2 N–H and O–H groups in total. The van der Waals surface area contributed by atoms with Crippen LogP contribution in [0.5, 0.6) is 0 Å². The van der Waals surface area contributed by atoms with Crippen LogP contribution in [-0.2, 0) is 9.59 Å². The molecule has 26 heavy (non-hydrogen) atoms. The summed E-state index contributed by atoms with van der Waals surface area (Å²) in [4.78, 5) is 45.5. The fourth-order valence-electron chi connectivity index (χ4n) is 4.76. The maximum atomic E-state index is 12.7. The minimum absolute atomic E-state index is 0.0271. The maximum absolute atomic E-state index is 12.7. The van der Waals surface area contributed by atoms with Gasteiger partial charge in [0.05, 0.1) is 12.2 Å². The quantitative estimate of drug-likeness (QED) is 0.829. The number of Topliss-reactive ketones (excluding diaryl/α,β-unsaturated/α-hetero) is 1. The van der Waals surface area contributed by atoms with Crippen LogP contribution in [0.25, 0.3) is 0 Å². The van der Waals surface area contributed by atoms with E-state index in [2.05, 4.69) is 15.3 Å². The highest BCUT2D eigenvalue weighted by atomic mass is 16.2. The Morgan fingerprint density at radius 2 is 2.23 bits per heavy atom. The monoisotopic (exact) mass is 358 g/mol. The highest BCUT2D eigenvalue weighted by Gasteiger charge is 2.62. The number of carbonyl (C=O) groups excluding carboxylic acids is 3. The Morgan fingerprint density at radius 1 is 1.38 bits per heavy atom. The fraction of sp³-hybridized carbons (Fsp3) is 0.684. The van der Waals surface area contributed by atoms with Gasteiger partial charge in [0.25, 0.3) is 5.91 Å². The average Bonchev–Trinajstić information content (AvgIpc) is 3.00. The Labute approximate surface area is 152 Å². The molecule has 0 radical (unpaired) electrons. The number of imidazole rings is 1. The number of likely N-dealkylation sites (tertiary alicyclic amines) is 1. The van der Waals surface area contributed by atoms with E-state index in [1.54, 1.807) is 0 Å². The summed E-state index contributed by atoms with van der Waals surface area (Å²) in [5.41, 5.74) is 1.21. The number of rotatable bonds is 5. The lowest BCUT2D eigenvalue weighted by Crippen LogP contribution is -2.42. The predicted molar refractivity (Wildman–Crippen MR) is 94.3 cm³/mol. The average molecular weight is 358 g/mol. The molecule has 3 fully saturated rings. The Kier molecular flexibility index (Phi) is 4.54. The molecule has 4 atom stereocenters. The Hall–Kier alpha value is -2.18. The molecule has 0 bridgehead atoms. The number of ketones is 1. The highest BCUT2D eigenvalue weighted by Crippen LogP contribution is 2.56. The van der Waals surface area contributed by atoms with Gasteiger partial charge < -0.3 is 15.2 Å². The number of carbonyl (C=O) groups is 3. The van der Waals surface area contributed by atoms with Crippen LogP contribution in [0.2, 0.25) is 0 Å². The topological polar surface area (TPSA) is 95.2 Å². The van der Waals surface area contributed by atoms with Crippen LogP contribution in [-0.4, -0.2) is 52.1 Å². The van der Waals surface area contributed by atoms with Crippen LogP contribution in [0.4, 0.5) is 0 Å². The molecule has 4 rings (SSSR count). The Bertz CT molecular complexity index is 728. The van der Waals surface area contributed by atoms with Gasteiger partial charge in [0.1, 0.15) is 11.5 Å². The van der Waals surface area contributed by atoms with Gasteiger partial charge in [-0.15, -0.1) is 0 Å². The molecule has 2 amide bonds. The Balaban J connectivity index is 1.24. The first kappa shape index (κ1) is 17.2. The summed E-state index contributed by atoms with van der Waals surface area (Å²) >= 11 is 0. The summed E-state index contributed by atoms with van der Waals surface area (Å²) < 4.78 is 0. The van der Waals surface area contributed by atoms with Crippen molar-refractivity contribution in [1.82, 2.24) is 20.2 Å². The molecule has 2 aliphatic carbocycles. The molecule has 140 valence electrons. The number of piperidine rings is 1. The van der Waals surface area contributed by atoms with E-state index in [1.807, 2.05) is 11.8 Å². The van der Waals surface area contributed by atoms with E-state index in [1.165, 1.54) is 6.33 Å². The zero-order chi connectivity index (χ0) is 18.3. The lowest BCUT2D eigenvalue weighted by molar-refractivity contribution is -0.136. The smallest absolute Gasteiger partial charge is 0.271 e. The van der Waals surface area contributed by atoms with Gasteiger partial charge in [0.2, 0.25) is 5.91 Å². The number of hydrogen-bond acceptors (Lipinski definition) is 4. The van der Waals surface area contributed by atoms with E-state index in [9.17, 15) is 14.4 Å². The van der Waals surface area contributed by atoms with Gasteiger partial charge in [-0.2, -0.15) is 0 Å². The van der Waals surface area contributed by atoms with E-state index in [-0.39, 0.29) is 23.7 Å². The number of fused-ring (bicyclic) bond motifs is 1. The Morgan fingerprint density at radius 3 is 2.92 bits per heavy atom. The SMILES string of the molecule is Cc1[nH]cnc1C(=O)NCCC1CCCN(C(=O)C2C3CCC(=O)C32)C1. The molecule has 0 spiro atoms. The minimum atomic E-state index is -0.156. The van der Waals surface area contributed by atoms with Crippen LogP contribution in [0.15, 0.2) is 6.33 Å². The number of nitrogens with zero attached hydrogens (tertiary/aromatic N) is 2. The lowest BCUT2D eigenvalue weighted by atomic mass is 9.94. The largest absolute Gasteiger partial charge is 0.351 e. The summed E-state index contributed by atoms with van der Waals surface area (Å²) in [6.07, 6.45) is 6.02. The van der Waals surface area contributed by atoms with Crippen molar-refractivity contribution in [3.05, 3.63) is 17.7 Å². The molecule has 7 nitrogen and oxygen atoms in total. The zero-order valence-corrected chi connectivity index (χ0v) is 15.2. The molecule has 1 aromatic heterocycles. The van der Waals surface area contributed by atoms with Gasteiger partial charge in [-0.3, -0.25) is 14.4 Å². The van der Waals surface area contributed by atoms with E-state index in [0.717, 1.165) is 44.5 Å². The second-order valence-corrected chi connectivity index (χ2v) is 7.93. The number of aryl methyl sites for hydroxylation is 1. The van der Waals surface area contributed by atoms with E-state index < -0.39 is 0 Å². The number of nitrogens with one attached hydrogen (secondary N) is 2. The van der Waals surface area contributed by atoms with E-state index in [4.69, 9.17) is 0 Å². The third kappa shape index (κ3) is 3.15. The standard InChI is InChI=1S/C19H26N4O3/c1-11-17(22-10-21-11)18(25)20-7-6-12-3-2-8-23(9-12)19(26)16-13-4-5-14(24)15(13)16/h10,12-13,15-16H,2-9H2,1H3,(H,20,25)(H,21,22). The first-order valence-corrected chi connectivity index (χ1v) is 9.66. The normalized spacial score (nSPS) is 30.2. The minimum Gasteiger partial charge on any atom is -0.351 e. The molecule has 7 heteroatoms. The van der Waals surface area contributed by atoms with Crippen molar-refractivity contribution in [3.8, 4) is 0 Å². The first-order chi connectivity index (χ1) is 12.6. The van der Waals surface area contributed by atoms with Crippen molar-refractivity contribution < 1.29 is 14.4 Å². The summed E-state index contributed by atoms with van der Waals surface area (Å²) in [5.74, 6) is 1.05. The predicted octanol–water partition coefficient (Wildman–Crippen LogP) is 1.30. The second-order valence-electron chi connectivity index (χ2n) is 7.93.